The van der Waals surface area contributed by atoms with E-state index in [1.54, 1.807) is 6.20 Å². The Morgan fingerprint density at radius 2 is 2.28 bits per heavy atom. The van der Waals surface area contributed by atoms with Gasteiger partial charge in [-0.15, -0.1) is 0 Å². The Bertz CT molecular complexity index is 419. The number of anilines is 1. The van der Waals surface area contributed by atoms with Crippen molar-refractivity contribution in [2.75, 3.05) is 11.9 Å². The van der Waals surface area contributed by atoms with E-state index in [-0.39, 0.29) is 0 Å². The normalized spacial score (nSPS) is 23.6. The monoisotopic (exact) mass is 263 g/mol. The summed E-state index contributed by atoms with van der Waals surface area (Å²) in [5.41, 5.74) is 6.49. The van der Waals surface area contributed by atoms with Gasteiger partial charge in [-0.2, -0.15) is 0 Å². The quantitative estimate of drug-likeness (QED) is 0.820. The van der Waals surface area contributed by atoms with Gasteiger partial charge >= 0.3 is 0 Å². The fourth-order valence-corrected chi connectivity index (χ4v) is 2.74. The molecule has 1 heterocycles. The Morgan fingerprint density at radius 1 is 1.50 bits per heavy atom. The molecule has 0 bridgehead atoms. The Kier molecular flexibility index (Phi) is 4.53. The molecule has 1 fully saturated rings. The first kappa shape index (κ1) is 13.3. The largest absolute Gasteiger partial charge is 0.389 e. The van der Waals surface area contributed by atoms with E-state index in [1.807, 2.05) is 12.1 Å². The average Bonchev–Trinajstić information content (AvgIpc) is 2.38. The molecule has 18 heavy (non-hydrogen) atoms. The highest BCUT2D eigenvalue weighted by Gasteiger charge is 2.20. The molecule has 1 aromatic rings. The first-order chi connectivity index (χ1) is 8.66. The summed E-state index contributed by atoms with van der Waals surface area (Å²) in [6.45, 7) is 3.35. The highest BCUT2D eigenvalue weighted by atomic mass is 32.1. The van der Waals surface area contributed by atoms with Crippen molar-refractivity contribution < 1.29 is 0 Å². The molecule has 0 aromatic carbocycles. The molecule has 1 aromatic heterocycles. The Morgan fingerprint density at radius 3 is 3.00 bits per heavy atom. The smallest absolute Gasteiger partial charge is 0.126 e. The van der Waals surface area contributed by atoms with Crippen LogP contribution in [0.5, 0.6) is 0 Å². The van der Waals surface area contributed by atoms with Crippen molar-refractivity contribution in [2.24, 2.45) is 17.6 Å². The lowest BCUT2D eigenvalue weighted by Crippen LogP contribution is -2.24. The summed E-state index contributed by atoms with van der Waals surface area (Å²) >= 11 is 4.97. The van der Waals surface area contributed by atoms with Crippen LogP contribution in [-0.2, 0) is 0 Å². The van der Waals surface area contributed by atoms with Crippen molar-refractivity contribution in [3.05, 3.63) is 23.9 Å². The number of pyridine rings is 1. The highest BCUT2D eigenvalue weighted by Crippen LogP contribution is 2.29. The Hall–Kier alpha value is -1.16. The van der Waals surface area contributed by atoms with Gasteiger partial charge in [0, 0.05) is 18.3 Å². The Balaban J connectivity index is 1.93. The average molecular weight is 263 g/mol. The summed E-state index contributed by atoms with van der Waals surface area (Å²) in [6, 6.07) is 3.77. The van der Waals surface area contributed by atoms with Crippen LogP contribution in [0.25, 0.3) is 0 Å². The number of nitrogens with zero attached hydrogens (tertiary/aromatic N) is 1. The fourth-order valence-electron chi connectivity index (χ4n) is 2.61. The summed E-state index contributed by atoms with van der Waals surface area (Å²) in [6.07, 6.45) is 7.17. The van der Waals surface area contributed by atoms with Gasteiger partial charge in [0.15, 0.2) is 0 Å². The minimum atomic E-state index is 0.423. The predicted octanol–water partition coefficient (Wildman–Crippen LogP) is 2.95. The molecule has 1 aliphatic rings. The van der Waals surface area contributed by atoms with Gasteiger partial charge in [0.1, 0.15) is 10.8 Å². The second-order valence-corrected chi connectivity index (χ2v) is 5.64. The van der Waals surface area contributed by atoms with E-state index in [0.29, 0.717) is 4.99 Å². The molecular weight excluding hydrogens is 242 g/mol. The first-order valence-electron chi connectivity index (χ1n) is 6.66. The summed E-state index contributed by atoms with van der Waals surface area (Å²) in [5.74, 6) is 2.44. The first-order valence-corrected chi connectivity index (χ1v) is 7.07. The van der Waals surface area contributed by atoms with Crippen molar-refractivity contribution in [2.45, 2.75) is 32.6 Å². The molecule has 0 radical (unpaired) electrons. The third-order valence-corrected chi connectivity index (χ3v) is 4.11. The SMILES string of the molecule is CC1CCCCC1CNc1cc(C(N)=S)ccn1. The van der Waals surface area contributed by atoms with Gasteiger partial charge in [0.05, 0.1) is 0 Å². The lowest BCUT2D eigenvalue weighted by atomic mass is 9.80. The van der Waals surface area contributed by atoms with Gasteiger partial charge in [-0.3, -0.25) is 0 Å². The van der Waals surface area contributed by atoms with Gasteiger partial charge in [0.25, 0.3) is 0 Å². The third-order valence-electron chi connectivity index (χ3n) is 3.88. The van der Waals surface area contributed by atoms with E-state index in [0.717, 1.165) is 29.8 Å². The standard InChI is InChI=1S/C14H21N3S/c1-10-4-2-3-5-12(10)9-17-13-8-11(14(15)18)6-7-16-13/h6-8,10,12H,2-5,9H2,1H3,(H2,15,18)(H,16,17). The van der Waals surface area contributed by atoms with E-state index in [4.69, 9.17) is 18.0 Å². The van der Waals surface area contributed by atoms with Crippen LogP contribution >= 0.6 is 12.2 Å². The molecule has 2 rings (SSSR count). The summed E-state index contributed by atoms with van der Waals surface area (Å²) in [4.78, 5) is 4.73. The maximum Gasteiger partial charge on any atom is 0.126 e. The van der Waals surface area contributed by atoms with Crippen LogP contribution in [0.4, 0.5) is 5.82 Å². The fraction of sp³-hybridized carbons (Fsp3) is 0.571. The minimum absolute atomic E-state index is 0.423. The molecule has 2 atom stereocenters. The van der Waals surface area contributed by atoms with Crippen molar-refractivity contribution in [3.63, 3.8) is 0 Å². The number of nitrogens with one attached hydrogen (secondary N) is 1. The zero-order valence-corrected chi connectivity index (χ0v) is 11.7. The highest BCUT2D eigenvalue weighted by molar-refractivity contribution is 7.80. The molecular formula is C14H21N3S. The van der Waals surface area contributed by atoms with Crippen molar-refractivity contribution in [1.82, 2.24) is 4.98 Å². The van der Waals surface area contributed by atoms with Crippen LogP contribution in [0.3, 0.4) is 0 Å². The molecule has 4 heteroatoms. The third kappa shape index (κ3) is 3.42. The lowest BCUT2D eigenvalue weighted by Gasteiger charge is -2.29. The number of hydrogen-bond acceptors (Lipinski definition) is 3. The topological polar surface area (TPSA) is 50.9 Å². The van der Waals surface area contributed by atoms with Crippen LogP contribution < -0.4 is 11.1 Å². The molecule has 98 valence electrons. The molecule has 2 unspecified atom stereocenters. The number of rotatable bonds is 4. The molecule has 0 spiro atoms. The van der Waals surface area contributed by atoms with Crippen LogP contribution in [0, 0.1) is 11.8 Å². The number of nitrogens with two attached hydrogens (primary N) is 1. The van der Waals surface area contributed by atoms with Gasteiger partial charge in [-0.05, 0) is 30.4 Å². The molecule has 0 amide bonds. The number of aromatic nitrogens is 1. The summed E-state index contributed by atoms with van der Waals surface area (Å²) in [7, 11) is 0. The second kappa shape index (κ2) is 6.14. The van der Waals surface area contributed by atoms with E-state index >= 15 is 0 Å². The van der Waals surface area contributed by atoms with Crippen LogP contribution in [-0.4, -0.2) is 16.5 Å². The van der Waals surface area contributed by atoms with Gasteiger partial charge in [0.2, 0.25) is 0 Å². The van der Waals surface area contributed by atoms with E-state index in [1.165, 1.54) is 25.7 Å². The molecule has 1 saturated carbocycles. The minimum Gasteiger partial charge on any atom is -0.389 e. The summed E-state index contributed by atoms with van der Waals surface area (Å²) < 4.78 is 0. The van der Waals surface area contributed by atoms with Gasteiger partial charge in [-0.1, -0.05) is 38.4 Å². The van der Waals surface area contributed by atoms with Crippen molar-refractivity contribution in [1.29, 1.82) is 0 Å². The van der Waals surface area contributed by atoms with Crippen LogP contribution in [0.15, 0.2) is 18.3 Å². The maximum atomic E-state index is 5.62. The van der Waals surface area contributed by atoms with Gasteiger partial charge < -0.3 is 11.1 Å². The molecule has 3 nitrogen and oxygen atoms in total. The zero-order valence-electron chi connectivity index (χ0n) is 10.9. The predicted molar refractivity (Wildman–Crippen MR) is 79.7 cm³/mol. The maximum absolute atomic E-state index is 5.62. The van der Waals surface area contributed by atoms with Crippen LogP contribution in [0.1, 0.15) is 38.2 Å². The number of thiocarbonyl (C=S) groups is 1. The molecule has 0 aliphatic heterocycles. The molecule has 1 aliphatic carbocycles. The van der Waals surface area contributed by atoms with E-state index < -0.39 is 0 Å². The second-order valence-electron chi connectivity index (χ2n) is 5.20. The lowest BCUT2D eigenvalue weighted by molar-refractivity contribution is 0.268. The van der Waals surface area contributed by atoms with E-state index in [9.17, 15) is 0 Å². The Labute approximate surface area is 114 Å². The molecule has 0 saturated heterocycles. The van der Waals surface area contributed by atoms with E-state index in [2.05, 4.69) is 17.2 Å². The van der Waals surface area contributed by atoms with Gasteiger partial charge in [-0.25, -0.2) is 4.98 Å². The summed E-state index contributed by atoms with van der Waals surface area (Å²) in [5, 5.41) is 3.41. The van der Waals surface area contributed by atoms with Crippen molar-refractivity contribution in [3.8, 4) is 0 Å². The molecule has 3 N–H and O–H groups in total. The number of hydrogen-bond donors (Lipinski definition) is 2. The van der Waals surface area contributed by atoms with Crippen molar-refractivity contribution >= 4 is 23.0 Å². The van der Waals surface area contributed by atoms with Crippen LogP contribution in [0.2, 0.25) is 0 Å². The zero-order chi connectivity index (χ0) is 13.0.